The lowest BCUT2D eigenvalue weighted by Gasteiger charge is -2.04. The maximum absolute atomic E-state index is 12.1. The van der Waals surface area contributed by atoms with Crippen molar-refractivity contribution in [2.75, 3.05) is 11.9 Å². The first-order chi connectivity index (χ1) is 13.5. The van der Waals surface area contributed by atoms with E-state index >= 15 is 0 Å². The van der Waals surface area contributed by atoms with Crippen LogP contribution in [-0.2, 0) is 14.8 Å². The molecule has 0 aliphatic heterocycles. The lowest BCUT2D eigenvalue weighted by Crippen LogP contribution is -2.22. The molecule has 28 heavy (non-hydrogen) atoms. The van der Waals surface area contributed by atoms with Crippen LogP contribution in [0.5, 0.6) is 0 Å². The van der Waals surface area contributed by atoms with Gasteiger partial charge in [0.15, 0.2) is 0 Å². The van der Waals surface area contributed by atoms with Crippen LogP contribution in [0.4, 0.5) is 5.13 Å². The van der Waals surface area contributed by atoms with E-state index in [1.54, 1.807) is 25.1 Å². The van der Waals surface area contributed by atoms with Gasteiger partial charge in [0.1, 0.15) is 5.01 Å². The molecule has 0 aliphatic rings. The molecule has 2 aromatic carbocycles. The molecule has 0 spiro atoms. The molecule has 1 aromatic heterocycles. The number of sulfonamides is 1. The molecule has 0 bridgehead atoms. The van der Waals surface area contributed by atoms with Crippen LogP contribution in [0.1, 0.15) is 12.5 Å². The van der Waals surface area contributed by atoms with Crippen LogP contribution in [0.2, 0.25) is 0 Å². The molecule has 3 rings (SSSR count). The summed E-state index contributed by atoms with van der Waals surface area (Å²) in [5, 5.41) is 11.8. The van der Waals surface area contributed by atoms with Crippen molar-refractivity contribution in [1.82, 2.24) is 14.9 Å². The van der Waals surface area contributed by atoms with Gasteiger partial charge in [-0.05, 0) is 23.8 Å². The summed E-state index contributed by atoms with van der Waals surface area (Å²) in [6.07, 6.45) is 2.95. The summed E-state index contributed by atoms with van der Waals surface area (Å²) in [7, 11) is -3.49. The number of carbonyl (C=O) groups is 1. The number of aromatic nitrogens is 2. The zero-order valence-corrected chi connectivity index (χ0v) is 16.6. The zero-order chi connectivity index (χ0) is 20.0. The van der Waals surface area contributed by atoms with E-state index in [0.29, 0.717) is 17.2 Å². The van der Waals surface area contributed by atoms with Gasteiger partial charge in [-0.1, -0.05) is 60.7 Å². The fraction of sp³-hybridized carbons (Fsp3) is 0.105. The van der Waals surface area contributed by atoms with Gasteiger partial charge in [0.25, 0.3) is 0 Å². The lowest BCUT2D eigenvalue weighted by molar-refractivity contribution is -0.111. The van der Waals surface area contributed by atoms with Gasteiger partial charge >= 0.3 is 0 Å². The van der Waals surface area contributed by atoms with Crippen LogP contribution in [0.3, 0.4) is 0 Å². The highest BCUT2D eigenvalue weighted by molar-refractivity contribution is 7.89. The van der Waals surface area contributed by atoms with Gasteiger partial charge in [0.2, 0.25) is 21.1 Å². The van der Waals surface area contributed by atoms with Crippen molar-refractivity contribution in [3.8, 4) is 10.6 Å². The molecule has 0 saturated carbocycles. The minimum atomic E-state index is -3.49. The van der Waals surface area contributed by atoms with Gasteiger partial charge in [-0.2, -0.15) is 0 Å². The quantitative estimate of drug-likeness (QED) is 0.579. The lowest BCUT2D eigenvalue weighted by atomic mass is 10.2. The average molecular weight is 415 g/mol. The number of nitrogens with one attached hydrogen (secondary N) is 2. The number of carbonyl (C=O) groups excluding carboxylic acids is 1. The zero-order valence-electron chi connectivity index (χ0n) is 15.0. The van der Waals surface area contributed by atoms with Crippen molar-refractivity contribution in [1.29, 1.82) is 0 Å². The largest absolute Gasteiger partial charge is 0.297 e. The van der Waals surface area contributed by atoms with Crippen LogP contribution in [-0.4, -0.2) is 31.1 Å². The van der Waals surface area contributed by atoms with E-state index in [4.69, 9.17) is 0 Å². The maximum Gasteiger partial charge on any atom is 0.250 e. The molecule has 144 valence electrons. The van der Waals surface area contributed by atoms with Gasteiger partial charge < -0.3 is 0 Å². The third-order valence-electron chi connectivity index (χ3n) is 3.63. The minimum Gasteiger partial charge on any atom is -0.297 e. The second kappa shape index (κ2) is 8.87. The standard InChI is InChI=1S/C19H18N4O3S2/c1-2-20-28(25,26)16-11-8-14(9-12-16)10-13-17(24)21-19-23-22-18(27-19)15-6-4-3-5-7-15/h3-13,20H,2H2,1H3,(H,21,23,24)/b13-10+. The second-order valence-electron chi connectivity index (χ2n) is 5.67. The molecule has 0 unspecified atom stereocenters. The summed E-state index contributed by atoms with van der Waals surface area (Å²) >= 11 is 1.28. The monoisotopic (exact) mass is 414 g/mol. The third kappa shape index (κ3) is 5.10. The Labute approximate surface area is 167 Å². The Bertz CT molecular complexity index is 1080. The van der Waals surface area contributed by atoms with Gasteiger partial charge in [-0.15, -0.1) is 10.2 Å². The molecule has 0 fully saturated rings. The molecule has 1 amide bonds. The van der Waals surface area contributed by atoms with Crippen molar-refractivity contribution < 1.29 is 13.2 Å². The summed E-state index contributed by atoms with van der Waals surface area (Å²) in [4.78, 5) is 12.3. The molecule has 0 atom stereocenters. The summed E-state index contributed by atoms with van der Waals surface area (Å²) in [6, 6.07) is 15.8. The Hall–Kier alpha value is -2.88. The van der Waals surface area contributed by atoms with E-state index < -0.39 is 10.0 Å². The van der Waals surface area contributed by atoms with Crippen molar-refractivity contribution in [2.24, 2.45) is 0 Å². The van der Waals surface area contributed by atoms with Gasteiger partial charge in [0, 0.05) is 18.2 Å². The first-order valence-electron chi connectivity index (χ1n) is 8.45. The van der Waals surface area contributed by atoms with Gasteiger partial charge in [0.05, 0.1) is 4.90 Å². The number of hydrogen-bond acceptors (Lipinski definition) is 6. The number of rotatable bonds is 7. The molecule has 1 heterocycles. The number of nitrogens with zero attached hydrogens (tertiary/aromatic N) is 2. The van der Waals surface area contributed by atoms with Crippen LogP contribution in [0.15, 0.2) is 65.6 Å². The number of amides is 1. The normalized spacial score (nSPS) is 11.6. The molecular weight excluding hydrogens is 396 g/mol. The van der Waals surface area contributed by atoms with Crippen LogP contribution in [0.25, 0.3) is 16.6 Å². The topological polar surface area (TPSA) is 101 Å². The van der Waals surface area contributed by atoms with Crippen LogP contribution < -0.4 is 10.0 Å². The first-order valence-corrected chi connectivity index (χ1v) is 10.8. The third-order valence-corrected chi connectivity index (χ3v) is 6.08. The van der Waals surface area contributed by atoms with Gasteiger partial charge in [-0.25, -0.2) is 13.1 Å². The SMILES string of the molecule is CCNS(=O)(=O)c1ccc(/C=C/C(=O)Nc2nnc(-c3ccccc3)s2)cc1. The predicted octanol–water partition coefficient (Wildman–Crippen LogP) is 3.16. The maximum atomic E-state index is 12.1. The highest BCUT2D eigenvalue weighted by atomic mass is 32.2. The Kier molecular flexibility index (Phi) is 6.30. The number of hydrogen-bond donors (Lipinski definition) is 2. The molecule has 0 radical (unpaired) electrons. The van der Waals surface area contributed by atoms with Crippen molar-refractivity contribution >= 4 is 38.5 Å². The van der Waals surface area contributed by atoms with Crippen molar-refractivity contribution in [3.05, 3.63) is 66.2 Å². The average Bonchev–Trinajstić information content (AvgIpc) is 3.16. The highest BCUT2D eigenvalue weighted by Gasteiger charge is 2.11. The van der Waals surface area contributed by atoms with Crippen molar-refractivity contribution in [3.63, 3.8) is 0 Å². The summed E-state index contributed by atoms with van der Waals surface area (Å²) in [5.41, 5.74) is 1.64. The number of anilines is 1. The van der Waals surface area contributed by atoms with Crippen LogP contribution in [0, 0.1) is 0 Å². The van der Waals surface area contributed by atoms with E-state index in [-0.39, 0.29) is 10.8 Å². The van der Waals surface area contributed by atoms with Gasteiger partial charge in [-0.3, -0.25) is 10.1 Å². The van der Waals surface area contributed by atoms with E-state index in [9.17, 15) is 13.2 Å². The summed E-state index contributed by atoms with van der Waals surface area (Å²) < 4.78 is 26.3. The fourth-order valence-corrected chi connectivity index (χ4v) is 4.11. The van der Waals surface area contributed by atoms with E-state index in [0.717, 1.165) is 10.6 Å². The molecule has 3 aromatic rings. The smallest absolute Gasteiger partial charge is 0.250 e. The van der Waals surface area contributed by atoms with Crippen LogP contribution >= 0.6 is 11.3 Å². The molecule has 2 N–H and O–H groups in total. The molecule has 0 saturated heterocycles. The fourth-order valence-electron chi connectivity index (χ4n) is 2.32. The molecule has 7 nitrogen and oxygen atoms in total. The summed E-state index contributed by atoms with van der Waals surface area (Å²) in [6.45, 7) is 2.04. The van der Waals surface area contributed by atoms with Crippen molar-refractivity contribution in [2.45, 2.75) is 11.8 Å². The molecule has 9 heteroatoms. The van der Waals surface area contributed by atoms with E-state index in [1.807, 2.05) is 30.3 Å². The minimum absolute atomic E-state index is 0.179. The summed E-state index contributed by atoms with van der Waals surface area (Å²) in [5.74, 6) is -0.347. The molecule has 0 aliphatic carbocycles. The van der Waals surface area contributed by atoms with E-state index in [1.165, 1.54) is 29.5 Å². The van der Waals surface area contributed by atoms with E-state index in [2.05, 4.69) is 20.2 Å². The second-order valence-corrected chi connectivity index (χ2v) is 8.42. The first kappa shape index (κ1) is 19.9. The Morgan fingerprint density at radius 2 is 1.79 bits per heavy atom. The Morgan fingerprint density at radius 3 is 2.46 bits per heavy atom. The Balaban J connectivity index is 1.62. The highest BCUT2D eigenvalue weighted by Crippen LogP contribution is 2.25. The molecular formula is C19H18N4O3S2. The Morgan fingerprint density at radius 1 is 1.07 bits per heavy atom. The number of benzene rings is 2. The predicted molar refractivity (Wildman–Crippen MR) is 110 cm³/mol.